The summed E-state index contributed by atoms with van der Waals surface area (Å²) in [5, 5.41) is 10.9. The molecule has 1 rings (SSSR count). The molecule has 0 unspecified atom stereocenters. The fourth-order valence-electron chi connectivity index (χ4n) is 2.92. The number of carbonyl (C=O) groups is 1. The molecule has 0 aromatic heterocycles. The number of nitrogens with zero attached hydrogens (tertiary/aromatic N) is 2. The van der Waals surface area contributed by atoms with Gasteiger partial charge < -0.3 is 9.16 Å². The smallest absolute Gasteiger partial charge is 0.412 e. The van der Waals surface area contributed by atoms with E-state index in [1.807, 2.05) is 13.1 Å². The maximum absolute atomic E-state index is 12.8. The third-order valence-electron chi connectivity index (χ3n) is 4.13. The van der Waals surface area contributed by atoms with Crippen LogP contribution in [0, 0.1) is 21.4 Å². The van der Waals surface area contributed by atoms with Gasteiger partial charge in [0.25, 0.3) is 0 Å². The Labute approximate surface area is 152 Å². The first-order chi connectivity index (χ1) is 11.2. The molecule has 1 fully saturated rings. The second kappa shape index (κ2) is 7.45. The van der Waals surface area contributed by atoms with Crippen molar-refractivity contribution in [2.24, 2.45) is 11.3 Å². The van der Waals surface area contributed by atoms with Crippen molar-refractivity contribution in [1.29, 1.82) is 0 Å². The van der Waals surface area contributed by atoms with Gasteiger partial charge in [-0.25, -0.2) is 4.79 Å². The van der Waals surface area contributed by atoms with E-state index in [9.17, 15) is 14.9 Å². The minimum absolute atomic E-state index is 0.0631. The molecule has 2 atom stereocenters. The molecule has 1 aliphatic rings. The van der Waals surface area contributed by atoms with E-state index in [1.165, 1.54) is 11.0 Å². The number of carbonyl (C=O) groups excluding carboxylic acids is 1. The zero-order chi connectivity index (χ0) is 19.6. The monoisotopic (exact) mass is 372 g/mol. The lowest BCUT2D eigenvalue weighted by Gasteiger charge is -2.37. The lowest BCUT2D eigenvalue weighted by Crippen LogP contribution is -2.51. The van der Waals surface area contributed by atoms with Crippen LogP contribution in [0.3, 0.4) is 0 Å². The molecule has 0 spiro atoms. The molecule has 1 amide bonds. The maximum atomic E-state index is 12.8. The summed E-state index contributed by atoms with van der Waals surface area (Å²) in [6, 6.07) is 0. The van der Waals surface area contributed by atoms with Crippen LogP contribution in [0.15, 0.2) is 12.3 Å². The zero-order valence-corrected chi connectivity index (χ0v) is 17.8. The van der Waals surface area contributed by atoms with Gasteiger partial charge in [-0.15, -0.1) is 0 Å². The first kappa shape index (κ1) is 21.6. The van der Waals surface area contributed by atoms with Crippen LogP contribution in [0.5, 0.6) is 0 Å². The topological polar surface area (TPSA) is 81.9 Å². The Morgan fingerprint density at radius 1 is 1.28 bits per heavy atom. The SMILES string of the molecule is C[SiH](C)O[C@]1(C=C[N+](=O)[O-])C[C@H](C(C)(C)C)CN1C(=O)OC(C)(C)C. The summed E-state index contributed by atoms with van der Waals surface area (Å²) in [6.45, 7) is 16.1. The number of amides is 1. The Hall–Kier alpha value is -1.41. The highest BCUT2D eigenvalue weighted by molar-refractivity contribution is 6.48. The van der Waals surface area contributed by atoms with Gasteiger partial charge in [0.15, 0.2) is 14.8 Å². The first-order valence-corrected chi connectivity index (χ1v) is 11.5. The largest absolute Gasteiger partial charge is 0.444 e. The van der Waals surface area contributed by atoms with Crippen LogP contribution in [0.1, 0.15) is 48.0 Å². The fraction of sp³-hybridized carbons (Fsp3) is 0.824. The number of ether oxygens (including phenoxy) is 1. The van der Waals surface area contributed by atoms with E-state index in [0.717, 1.165) is 6.20 Å². The van der Waals surface area contributed by atoms with Gasteiger partial charge in [-0.3, -0.25) is 15.0 Å². The van der Waals surface area contributed by atoms with Crippen LogP contribution in [0.2, 0.25) is 13.1 Å². The van der Waals surface area contributed by atoms with Crippen LogP contribution in [0.4, 0.5) is 4.79 Å². The van der Waals surface area contributed by atoms with Crippen molar-refractivity contribution in [3.8, 4) is 0 Å². The van der Waals surface area contributed by atoms with E-state index in [2.05, 4.69) is 20.8 Å². The Bertz CT molecular complexity index is 536. The average molecular weight is 373 g/mol. The summed E-state index contributed by atoms with van der Waals surface area (Å²) in [4.78, 5) is 24.7. The first-order valence-electron chi connectivity index (χ1n) is 8.67. The van der Waals surface area contributed by atoms with Gasteiger partial charge in [0.05, 0.1) is 4.92 Å². The number of likely N-dealkylation sites (tertiary alicyclic amines) is 1. The van der Waals surface area contributed by atoms with E-state index in [-0.39, 0.29) is 11.3 Å². The van der Waals surface area contributed by atoms with Gasteiger partial charge in [0, 0.05) is 19.0 Å². The minimum atomic E-state index is -1.59. The highest BCUT2D eigenvalue weighted by atomic mass is 28.3. The molecular formula is C17H32N2O5Si. The standard InChI is InChI=1S/C17H32N2O5Si/c1-15(2,3)13-11-17(24-25(7)8,9-10-19(21)22)18(12-13)14(20)23-16(4,5)6/h9-10,13,25H,11-12H2,1-8H3/t13-,17+/m0/s1. The normalized spacial score (nSPS) is 25.0. The van der Waals surface area contributed by atoms with Gasteiger partial charge in [-0.05, 0) is 45.2 Å². The van der Waals surface area contributed by atoms with Crippen molar-refractivity contribution in [1.82, 2.24) is 4.90 Å². The van der Waals surface area contributed by atoms with E-state index in [1.54, 1.807) is 20.8 Å². The number of hydrogen-bond acceptors (Lipinski definition) is 5. The quantitative estimate of drug-likeness (QED) is 0.426. The average Bonchev–Trinajstić information content (AvgIpc) is 2.73. The summed E-state index contributed by atoms with van der Waals surface area (Å²) < 4.78 is 11.7. The molecule has 8 heteroatoms. The molecule has 1 saturated heterocycles. The third-order valence-corrected chi connectivity index (χ3v) is 5.01. The molecule has 0 N–H and O–H groups in total. The molecule has 0 radical (unpaired) electrons. The van der Waals surface area contributed by atoms with Gasteiger partial charge in [-0.1, -0.05) is 20.8 Å². The van der Waals surface area contributed by atoms with Crippen molar-refractivity contribution in [2.75, 3.05) is 6.54 Å². The summed E-state index contributed by atoms with van der Waals surface area (Å²) in [6.07, 6.45) is 2.31. The maximum Gasteiger partial charge on any atom is 0.412 e. The highest BCUT2D eigenvalue weighted by Gasteiger charge is 2.52. The number of hydrogen-bond donors (Lipinski definition) is 0. The van der Waals surface area contributed by atoms with Gasteiger partial charge in [0.1, 0.15) is 5.60 Å². The van der Waals surface area contributed by atoms with Crippen molar-refractivity contribution in [3.05, 3.63) is 22.4 Å². The molecule has 25 heavy (non-hydrogen) atoms. The zero-order valence-electron chi connectivity index (χ0n) is 16.7. The molecule has 0 saturated carbocycles. The molecule has 0 aromatic carbocycles. The summed E-state index contributed by atoms with van der Waals surface area (Å²) >= 11 is 0. The Morgan fingerprint density at radius 2 is 1.84 bits per heavy atom. The predicted octanol–water partition coefficient (Wildman–Crippen LogP) is 3.78. The van der Waals surface area contributed by atoms with Crippen molar-refractivity contribution in [2.45, 2.75) is 72.4 Å². The molecule has 1 heterocycles. The van der Waals surface area contributed by atoms with Crippen LogP contribution in [-0.4, -0.2) is 42.8 Å². The predicted molar refractivity (Wildman–Crippen MR) is 99.3 cm³/mol. The van der Waals surface area contributed by atoms with Crippen molar-refractivity contribution in [3.63, 3.8) is 0 Å². The lowest BCUT2D eigenvalue weighted by molar-refractivity contribution is -0.403. The molecule has 1 aliphatic heterocycles. The molecule has 7 nitrogen and oxygen atoms in total. The molecular weight excluding hydrogens is 340 g/mol. The van der Waals surface area contributed by atoms with Crippen LogP contribution in [0.25, 0.3) is 0 Å². The highest BCUT2D eigenvalue weighted by Crippen LogP contribution is 2.44. The minimum Gasteiger partial charge on any atom is -0.444 e. The van der Waals surface area contributed by atoms with E-state index >= 15 is 0 Å². The summed E-state index contributed by atoms with van der Waals surface area (Å²) in [5.41, 5.74) is -1.83. The summed E-state index contributed by atoms with van der Waals surface area (Å²) in [5.74, 6) is 0.143. The van der Waals surface area contributed by atoms with Crippen LogP contribution in [-0.2, 0) is 9.16 Å². The van der Waals surface area contributed by atoms with E-state index in [4.69, 9.17) is 9.16 Å². The summed E-state index contributed by atoms with van der Waals surface area (Å²) in [7, 11) is -1.59. The van der Waals surface area contributed by atoms with Crippen LogP contribution < -0.4 is 0 Å². The Kier molecular flexibility index (Phi) is 6.45. The lowest BCUT2D eigenvalue weighted by atomic mass is 9.79. The third kappa shape index (κ3) is 6.11. The molecule has 0 aliphatic carbocycles. The van der Waals surface area contributed by atoms with Crippen LogP contribution >= 0.6 is 0 Å². The van der Waals surface area contributed by atoms with Gasteiger partial charge in [-0.2, -0.15) is 0 Å². The van der Waals surface area contributed by atoms with Crippen molar-refractivity contribution < 1.29 is 18.9 Å². The Morgan fingerprint density at radius 3 is 2.24 bits per heavy atom. The van der Waals surface area contributed by atoms with E-state index < -0.39 is 31.4 Å². The number of rotatable bonds is 4. The Balaban J connectivity index is 3.32. The van der Waals surface area contributed by atoms with Crippen molar-refractivity contribution >= 4 is 15.1 Å². The molecule has 0 aromatic rings. The molecule has 144 valence electrons. The van der Waals surface area contributed by atoms with E-state index in [0.29, 0.717) is 13.0 Å². The second-order valence-corrected chi connectivity index (χ2v) is 11.3. The molecule has 0 bridgehead atoms. The van der Waals surface area contributed by atoms with Gasteiger partial charge in [0.2, 0.25) is 6.20 Å². The fourth-order valence-corrected chi connectivity index (χ4v) is 4.04. The van der Waals surface area contributed by atoms with Gasteiger partial charge >= 0.3 is 6.09 Å². The number of nitro groups is 1. The second-order valence-electron chi connectivity index (χ2n) is 8.97.